The Kier molecular flexibility index (Phi) is 4.07. The van der Waals surface area contributed by atoms with Crippen LogP contribution in [0.4, 0.5) is 8.78 Å². The molecular weight excluding hydrogens is 282 g/mol. The third-order valence-corrected chi connectivity index (χ3v) is 3.01. The fourth-order valence-corrected chi connectivity index (χ4v) is 2.02. The molecule has 2 aromatic rings. The average Bonchev–Trinajstić information content (AvgIpc) is 2.48. The second-order valence-corrected chi connectivity index (χ2v) is 4.13. The summed E-state index contributed by atoms with van der Waals surface area (Å²) < 4.78 is 38.2. The highest BCUT2D eigenvalue weighted by Crippen LogP contribution is 2.39. The lowest BCUT2D eigenvalue weighted by atomic mass is 10.0. The van der Waals surface area contributed by atoms with Gasteiger partial charge in [-0.3, -0.25) is 0 Å². The van der Waals surface area contributed by atoms with Crippen LogP contribution in [-0.2, 0) is 0 Å². The first-order valence-corrected chi connectivity index (χ1v) is 5.94. The molecule has 0 aliphatic heterocycles. The molecule has 2 rings (SSSR count). The van der Waals surface area contributed by atoms with E-state index in [1.165, 1.54) is 26.4 Å². The lowest BCUT2D eigenvalue weighted by Crippen LogP contribution is -2.04. The van der Waals surface area contributed by atoms with Crippen molar-refractivity contribution in [2.45, 2.75) is 0 Å². The van der Waals surface area contributed by atoms with E-state index in [-0.39, 0.29) is 16.9 Å². The van der Waals surface area contributed by atoms with Crippen LogP contribution in [0.15, 0.2) is 30.3 Å². The first-order valence-electron chi connectivity index (χ1n) is 5.94. The lowest BCUT2D eigenvalue weighted by Gasteiger charge is -2.13. The summed E-state index contributed by atoms with van der Waals surface area (Å²) in [5.41, 5.74) is -0.559. The number of carbonyl (C=O) groups is 1. The number of ether oxygens (including phenoxy) is 2. The van der Waals surface area contributed by atoms with Gasteiger partial charge in [-0.1, -0.05) is 18.2 Å². The molecule has 4 nitrogen and oxygen atoms in total. The van der Waals surface area contributed by atoms with Gasteiger partial charge in [0.25, 0.3) is 0 Å². The minimum atomic E-state index is -1.53. The number of aromatic carboxylic acids is 1. The predicted octanol–water partition coefficient (Wildman–Crippen LogP) is 3.35. The van der Waals surface area contributed by atoms with Gasteiger partial charge in [-0.15, -0.1) is 0 Å². The van der Waals surface area contributed by atoms with Crippen LogP contribution in [0.5, 0.6) is 11.5 Å². The van der Waals surface area contributed by atoms with Crippen LogP contribution < -0.4 is 9.47 Å². The van der Waals surface area contributed by atoms with Crippen molar-refractivity contribution in [1.29, 1.82) is 0 Å². The standard InChI is InChI=1S/C15H12F2O4/c1-20-11-5-3-4-9(14(11)21-2)8-6-7-10(15(18)19)13(17)12(8)16/h3-7H,1-2H3,(H,18,19). The van der Waals surface area contributed by atoms with Crippen LogP contribution in [0.2, 0.25) is 0 Å². The highest BCUT2D eigenvalue weighted by molar-refractivity contribution is 5.89. The van der Waals surface area contributed by atoms with Crippen LogP contribution in [0.1, 0.15) is 10.4 Å². The second-order valence-electron chi connectivity index (χ2n) is 4.13. The van der Waals surface area contributed by atoms with Crippen molar-refractivity contribution in [2.75, 3.05) is 14.2 Å². The van der Waals surface area contributed by atoms with Crippen molar-refractivity contribution in [3.05, 3.63) is 47.5 Å². The second kappa shape index (κ2) is 5.78. The first kappa shape index (κ1) is 14.8. The smallest absolute Gasteiger partial charge is 0.338 e. The van der Waals surface area contributed by atoms with Gasteiger partial charge in [0.05, 0.1) is 19.8 Å². The maximum absolute atomic E-state index is 14.1. The molecule has 1 N–H and O–H groups in total. The summed E-state index contributed by atoms with van der Waals surface area (Å²) in [7, 11) is 2.80. The number of halogens is 2. The molecule has 0 aromatic heterocycles. The molecule has 0 heterocycles. The van der Waals surface area contributed by atoms with Crippen LogP contribution in [-0.4, -0.2) is 25.3 Å². The van der Waals surface area contributed by atoms with E-state index >= 15 is 0 Å². The van der Waals surface area contributed by atoms with Gasteiger partial charge >= 0.3 is 5.97 Å². The number of rotatable bonds is 4. The molecule has 0 aliphatic rings. The average molecular weight is 294 g/mol. The van der Waals surface area contributed by atoms with Gasteiger partial charge in [0, 0.05) is 11.1 Å². The van der Waals surface area contributed by atoms with Gasteiger partial charge in [-0.25, -0.2) is 13.6 Å². The molecule has 21 heavy (non-hydrogen) atoms. The normalized spacial score (nSPS) is 10.3. The number of benzene rings is 2. The Morgan fingerprint density at radius 3 is 2.29 bits per heavy atom. The zero-order chi connectivity index (χ0) is 15.6. The molecule has 2 aromatic carbocycles. The molecule has 0 bridgehead atoms. The number of carboxylic acids is 1. The lowest BCUT2D eigenvalue weighted by molar-refractivity contribution is 0.0690. The summed E-state index contributed by atoms with van der Waals surface area (Å²) in [5, 5.41) is 8.78. The third-order valence-electron chi connectivity index (χ3n) is 3.01. The number of hydrogen-bond acceptors (Lipinski definition) is 3. The zero-order valence-electron chi connectivity index (χ0n) is 11.3. The molecule has 0 saturated carbocycles. The summed E-state index contributed by atoms with van der Waals surface area (Å²) in [5.74, 6) is -3.60. The van der Waals surface area contributed by atoms with E-state index in [0.29, 0.717) is 5.75 Å². The van der Waals surface area contributed by atoms with E-state index in [1.807, 2.05) is 0 Å². The fourth-order valence-electron chi connectivity index (χ4n) is 2.02. The van der Waals surface area contributed by atoms with Crippen molar-refractivity contribution >= 4 is 5.97 Å². The van der Waals surface area contributed by atoms with E-state index in [9.17, 15) is 13.6 Å². The first-order chi connectivity index (χ1) is 10.0. The van der Waals surface area contributed by atoms with Gasteiger partial charge < -0.3 is 14.6 Å². The molecule has 6 heteroatoms. The molecule has 0 unspecified atom stereocenters. The Balaban J connectivity index is 2.68. The van der Waals surface area contributed by atoms with Crippen molar-refractivity contribution in [3.63, 3.8) is 0 Å². The van der Waals surface area contributed by atoms with Crippen molar-refractivity contribution < 1.29 is 28.2 Å². The van der Waals surface area contributed by atoms with Gasteiger partial charge in [0.1, 0.15) is 0 Å². The summed E-state index contributed by atoms with van der Waals surface area (Å²) in [6.45, 7) is 0. The van der Waals surface area contributed by atoms with Gasteiger partial charge in [-0.2, -0.15) is 0 Å². The zero-order valence-corrected chi connectivity index (χ0v) is 11.3. The minimum Gasteiger partial charge on any atom is -0.493 e. The topological polar surface area (TPSA) is 55.8 Å². The Hall–Kier alpha value is -2.63. The molecule has 0 amide bonds. The van der Waals surface area contributed by atoms with E-state index in [0.717, 1.165) is 6.07 Å². The van der Waals surface area contributed by atoms with Crippen LogP contribution in [0, 0.1) is 11.6 Å². The largest absolute Gasteiger partial charge is 0.493 e. The maximum atomic E-state index is 14.1. The van der Waals surface area contributed by atoms with Crippen LogP contribution in [0.3, 0.4) is 0 Å². The highest BCUT2D eigenvalue weighted by atomic mass is 19.2. The summed E-state index contributed by atoms with van der Waals surface area (Å²) in [6.07, 6.45) is 0. The van der Waals surface area contributed by atoms with Crippen LogP contribution in [0.25, 0.3) is 11.1 Å². The van der Waals surface area contributed by atoms with Crippen molar-refractivity contribution in [1.82, 2.24) is 0 Å². The Morgan fingerprint density at radius 2 is 1.71 bits per heavy atom. The molecule has 0 atom stereocenters. The quantitative estimate of drug-likeness (QED) is 0.939. The Morgan fingerprint density at radius 1 is 1.00 bits per heavy atom. The molecule has 0 radical (unpaired) electrons. The Bertz CT molecular complexity index is 698. The summed E-state index contributed by atoms with van der Waals surface area (Å²) in [6, 6.07) is 6.94. The number of hydrogen-bond donors (Lipinski definition) is 1. The van der Waals surface area contributed by atoms with Crippen LogP contribution >= 0.6 is 0 Å². The monoisotopic (exact) mass is 294 g/mol. The summed E-state index contributed by atoms with van der Waals surface area (Å²) >= 11 is 0. The summed E-state index contributed by atoms with van der Waals surface area (Å²) in [4.78, 5) is 10.8. The molecule has 110 valence electrons. The molecule has 0 fully saturated rings. The number of methoxy groups -OCH3 is 2. The minimum absolute atomic E-state index is 0.103. The molecule has 0 saturated heterocycles. The highest BCUT2D eigenvalue weighted by Gasteiger charge is 2.21. The third kappa shape index (κ3) is 2.52. The SMILES string of the molecule is COc1cccc(-c2ccc(C(=O)O)c(F)c2F)c1OC. The predicted molar refractivity (Wildman–Crippen MR) is 71.9 cm³/mol. The molecule has 0 aliphatic carbocycles. The molecular formula is C15H12F2O4. The van der Waals surface area contributed by atoms with Gasteiger partial charge in [0.15, 0.2) is 23.1 Å². The fraction of sp³-hybridized carbons (Fsp3) is 0.133. The van der Waals surface area contributed by atoms with Crippen molar-refractivity contribution in [3.8, 4) is 22.6 Å². The van der Waals surface area contributed by atoms with Gasteiger partial charge in [0.2, 0.25) is 0 Å². The Labute approximate surface area is 119 Å². The van der Waals surface area contributed by atoms with Gasteiger partial charge in [-0.05, 0) is 12.1 Å². The number of para-hydroxylation sites is 1. The van der Waals surface area contributed by atoms with E-state index in [4.69, 9.17) is 14.6 Å². The molecule has 0 spiro atoms. The number of carboxylic acid groups (broad SMARTS) is 1. The van der Waals surface area contributed by atoms with E-state index in [2.05, 4.69) is 0 Å². The maximum Gasteiger partial charge on any atom is 0.338 e. The van der Waals surface area contributed by atoms with Crippen molar-refractivity contribution in [2.24, 2.45) is 0 Å². The van der Waals surface area contributed by atoms with E-state index < -0.39 is 23.2 Å². The van der Waals surface area contributed by atoms with E-state index in [1.54, 1.807) is 12.1 Å².